The summed E-state index contributed by atoms with van der Waals surface area (Å²) in [5.74, 6) is 1.02. The first kappa shape index (κ1) is 21.1. The molecule has 0 saturated carbocycles. The van der Waals surface area contributed by atoms with Crippen LogP contribution in [-0.2, 0) is 13.2 Å². The Balaban J connectivity index is 1.61. The van der Waals surface area contributed by atoms with E-state index in [9.17, 15) is 9.59 Å². The summed E-state index contributed by atoms with van der Waals surface area (Å²) in [6, 6.07) is 8.34. The van der Waals surface area contributed by atoms with Crippen molar-refractivity contribution < 1.29 is 23.6 Å². The number of Topliss-reactive ketones (excluding diaryl/α,β-unsaturated/α-hetero) is 1. The van der Waals surface area contributed by atoms with Gasteiger partial charge < -0.3 is 18.9 Å². The van der Waals surface area contributed by atoms with Crippen LogP contribution in [0, 0.1) is 0 Å². The van der Waals surface area contributed by atoms with Crippen molar-refractivity contribution >= 4 is 11.7 Å². The van der Waals surface area contributed by atoms with Gasteiger partial charge in [0.25, 0.3) is 5.91 Å². The summed E-state index contributed by atoms with van der Waals surface area (Å²) in [7, 11) is 1.50. The SMILES string of the molecule is CCN(CCn1cccn1)C(=O)c1cc(COc2ccc(C(C)=O)cc2OC)on1. The molecule has 0 saturated heterocycles. The van der Waals surface area contributed by atoms with Crippen molar-refractivity contribution in [1.29, 1.82) is 0 Å². The van der Waals surface area contributed by atoms with Gasteiger partial charge in [0.05, 0.1) is 13.7 Å². The lowest BCUT2D eigenvalue weighted by atomic mass is 10.1. The minimum Gasteiger partial charge on any atom is -0.493 e. The molecule has 0 radical (unpaired) electrons. The molecule has 0 aliphatic rings. The molecule has 158 valence electrons. The summed E-state index contributed by atoms with van der Waals surface area (Å²) >= 11 is 0. The molecule has 3 rings (SSSR count). The van der Waals surface area contributed by atoms with E-state index in [0.717, 1.165) is 0 Å². The number of benzene rings is 1. The number of nitrogens with zero attached hydrogens (tertiary/aromatic N) is 4. The number of carbonyl (C=O) groups excluding carboxylic acids is 2. The minimum atomic E-state index is -0.219. The van der Waals surface area contributed by atoms with Crippen LogP contribution in [-0.4, -0.2) is 51.7 Å². The normalized spacial score (nSPS) is 10.6. The molecule has 30 heavy (non-hydrogen) atoms. The third-order valence-corrected chi connectivity index (χ3v) is 4.55. The molecule has 2 aromatic heterocycles. The lowest BCUT2D eigenvalue weighted by Crippen LogP contribution is -2.34. The Bertz CT molecular complexity index is 997. The Labute approximate surface area is 174 Å². The van der Waals surface area contributed by atoms with Crippen molar-refractivity contribution in [3.05, 3.63) is 59.7 Å². The van der Waals surface area contributed by atoms with Crippen LogP contribution < -0.4 is 9.47 Å². The molecule has 0 spiro atoms. The minimum absolute atomic E-state index is 0.0636. The third kappa shape index (κ3) is 5.05. The molecule has 1 amide bonds. The predicted molar refractivity (Wildman–Crippen MR) is 108 cm³/mol. The van der Waals surface area contributed by atoms with Gasteiger partial charge >= 0.3 is 0 Å². The number of methoxy groups -OCH3 is 1. The van der Waals surface area contributed by atoms with E-state index in [1.165, 1.54) is 14.0 Å². The Morgan fingerprint density at radius 1 is 1.23 bits per heavy atom. The first-order valence-electron chi connectivity index (χ1n) is 9.56. The number of hydrogen-bond donors (Lipinski definition) is 0. The summed E-state index contributed by atoms with van der Waals surface area (Å²) in [5.41, 5.74) is 0.747. The Kier molecular flexibility index (Phi) is 6.84. The van der Waals surface area contributed by atoms with Gasteiger partial charge in [-0.25, -0.2) is 0 Å². The highest BCUT2D eigenvalue weighted by atomic mass is 16.5. The molecule has 0 unspecified atom stereocenters. The highest BCUT2D eigenvalue weighted by Gasteiger charge is 2.19. The molecule has 9 heteroatoms. The molecule has 0 aliphatic carbocycles. The fourth-order valence-corrected chi connectivity index (χ4v) is 2.86. The maximum Gasteiger partial charge on any atom is 0.276 e. The van der Waals surface area contributed by atoms with Crippen LogP contribution in [0.4, 0.5) is 0 Å². The fourth-order valence-electron chi connectivity index (χ4n) is 2.86. The molecule has 1 aromatic carbocycles. The lowest BCUT2D eigenvalue weighted by Gasteiger charge is -2.19. The summed E-state index contributed by atoms with van der Waals surface area (Å²) in [6.45, 7) is 5.10. The molecule has 9 nitrogen and oxygen atoms in total. The number of aromatic nitrogens is 3. The Morgan fingerprint density at radius 2 is 2.07 bits per heavy atom. The average Bonchev–Trinajstić information content (AvgIpc) is 3.44. The van der Waals surface area contributed by atoms with E-state index < -0.39 is 0 Å². The Morgan fingerprint density at radius 3 is 2.73 bits per heavy atom. The van der Waals surface area contributed by atoms with Crippen molar-refractivity contribution in [2.24, 2.45) is 0 Å². The maximum atomic E-state index is 12.7. The van der Waals surface area contributed by atoms with Gasteiger partial charge in [0, 0.05) is 37.1 Å². The number of carbonyl (C=O) groups is 2. The summed E-state index contributed by atoms with van der Waals surface area (Å²) in [4.78, 5) is 25.9. The van der Waals surface area contributed by atoms with Crippen LogP contribution in [0.1, 0.15) is 40.5 Å². The average molecular weight is 412 g/mol. The van der Waals surface area contributed by atoms with Crippen molar-refractivity contribution in [2.75, 3.05) is 20.2 Å². The van der Waals surface area contributed by atoms with Crippen molar-refractivity contribution in [2.45, 2.75) is 27.0 Å². The number of ketones is 1. The zero-order valence-electron chi connectivity index (χ0n) is 17.2. The van der Waals surface area contributed by atoms with Crippen LogP contribution in [0.2, 0.25) is 0 Å². The monoisotopic (exact) mass is 412 g/mol. The molecular formula is C21H24N4O5. The van der Waals surface area contributed by atoms with E-state index >= 15 is 0 Å². The topological polar surface area (TPSA) is 99.7 Å². The first-order valence-corrected chi connectivity index (χ1v) is 9.56. The van der Waals surface area contributed by atoms with E-state index in [1.807, 2.05) is 19.2 Å². The summed E-state index contributed by atoms with van der Waals surface area (Å²) in [6.07, 6.45) is 3.55. The van der Waals surface area contributed by atoms with E-state index in [-0.39, 0.29) is 24.0 Å². The largest absolute Gasteiger partial charge is 0.493 e. The second kappa shape index (κ2) is 9.73. The van der Waals surface area contributed by atoms with Crippen LogP contribution in [0.5, 0.6) is 11.5 Å². The standard InChI is InChI=1S/C21H24N4O5/c1-4-24(10-11-25-9-5-8-22-25)21(27)18-13-17(30-23-18)14-29-19-7-6-16(15(2)26)12-20(19)28-3/h5-9,12-13H,4,10-11,14H2,1-3H3. The quantitative estimate of drug-likeness (QED) is 0.472. The van der Waals surface area contributed by atoms with E-state index in [4.69, 9.17) is 14.0 Å². The van der Waals surface area contributed by atoms with Crippen molar-refractivity contribution in [1.82, 2.24) is 19.8 Å². The van der Waals surface area contributed by atoms with Gasteiger partial charge in [-0.05, 0) is 38.1 Å². The van der Waals surface area contributed by atoms with Crippen LogP contribution in [0.3, 0.4) is 0 Å². The highest BCUT2D eigenvalue weighted by Crippen LogP contribution is 2.29. The van der Waals surface area contributed by atoms with Gasteiger partial charge in [0.2, 0.25) is 0 Å². The van der Waals surface area contributed by atoms with Gasteiger partial charge in [0.1, 0.15) is 6.61 Å². The zero-order chi connectivity index (χ0) is 21.5. The lowest BCUT2D eigenvalue weighted by molar-refractivity contribution is 0.0746. The second-order valence-electron chi connectivity index (χ2n) is 6.54. The predicted octanol–water partition coefficient (Wildman–Crippen LogP) is 2.82. The van der Waals surface area contributed by atoms with Crippen molar-refractivity contribution in [3.63, 3.8) is 0 Å². The number of amides is 1. The molecule has 3 aromatic rings. The van der Waals surface area contributed by atoms with Gasteiger partial charge in [-0.2, -0.15) is 5.10 Å². The van der Waals surface area contributed by atoms with E-state index in [1.54, 1.807) is 40.0 Å². The van der Waals surface area contributed by atoms with Crippen LogP contribution in [0.25, 0.3) is 0 Å². The molecule has 2 heterocycles. The smallest absolute Gasteiger partial charge is 0.276 e. The fraction of sp³-hybridized carbons (Fsp3) is 0.333. The van der Waals surface area contributed by atoms with Crippen LogP contribution in [0.15, 0.2) is 47.2 Å². The van der Waals surface area contributed by atoms with Gasteiger partial charge in [-0.15, -0.1) is 0 Å². The number of ether oxygens (including phenoxy) is 2. The van der Waals surface area contributed by atoms with Crippen LogP contribution >= 0.6 is 0 Å². The molecular weight excluding hydrogens is 388 g/mol. The number of likely N-dealkylation sites (N-methyl/N-ethyl adjacent to an activating group) is 1. The van der Waals surface area contributed by atoms with Gasteiger partial charge in [0.15, 0.2) is 28.7 Å². The molecule has 0 bridgehead atoms. The third-order valence-electron chi connectivity index (χ3n) is 4.55. The number of hydrogen-bond acceptors (Lipinski definition) is 7. The van der Waals surface area contributed by atoms with Gasteiger partial charge in [-0.1, -0.05) is 5.16 Å². The molecule has 0 N–H and O–H groups in total. The number of rotatable bonds is 10. The molecule has 0 fully saturated rings. The second-order valence-corrected chi connectivity index (χ2v) is 6.54. The zero-order valence-corrected chi connectivity index (χ0v) is 17.2. The maximum absolute atomic E-state index is 12.7. The molecule has 0 aliphatic heterocycles. The molecule has 0 atom stereocenters. The van der Waals surface area contributed by atoms with E-state index in [2.05, 4.69) is 10.3 Å². The highest BCUT2D eigenvalue weighted by molar-refractivity contribution is 5.94. The Hall–Kier alpha value is -3.62. The first-order chi connectivity index (χ1) is 14.5. The van der Waals surface area contributed by atoms with Gasteiger partial charge in [-0.3, -0.25) is 14.3 Å². The van der Waals surface area contributed by atoms with Crippen molar-refractivity contribution in [3.8, 4) is 11.5 Å². The summed E-state index contributed by atoms with van der Waals surface area (Å²) < 4.78 is 18.0. The summed E-state index contributed by atoms with van der Waals surface area (Å²) in [5, 5.41) is 8.02. The van der Waals surface area contributed by atoms with E-state index in [0.29, 0.717) is 42.5 Å².